The number of halogens is 3. The minimum atomic E-state index is -2.90. The monoisotopic (exact) mass is 400 g/mol. The summed E-state index contributed by atoms with van der Waals surface area (Å²) in [6.45, 7) is -1.11. The highest BCUT2D eigenvalue weighted by Crippen LogP contribution is 2.27. The molecule has 0 aliphatic carbocycles. The minimum absolute atomic E-state index is 0.0307. The molecular formula is C19H15F3N6O. The topological polar surface area (TPSA) is 90.4 Å². The summed E-state index contributed by atoms with van der Waals surface area (Å²) in [5.74, 6) is -0.0000603. The van der Waals surface area contributed by atoms with Crippen LogP contribution in [0.5, 0.6) is 5.75 Å². The van der Waals surface area contributed by atoms with Crippen molar-refractivity contribution in [3.63, 3.8) is 0 Å². The second-order valence-corrected chi connectivity index (χ2v) is 6.15. The Balaban J connectivity index is 1.69. The minimum Gasteiger partial charge on any atom is -0.435 e. The molecule has 0 spiro atoms. The maximum atomic E-state index is 13.7. The molecule has 7 nitrogen and oxygen atoms in total. The Hall–Kier alpha value is -3.82. The van der Waals surface area contributed by atoms with Crippen molar-refractivity contribution in [2.45, 2.75) is 13.5 Å². The highest BCUT2D eigenvalue weighted by Gasteiger charge is 2.15. The molecule has 0 fully saturated rings. The van der Waals surface area contributed by atoms with Crippen molar-refractivity contribution < 1.29 is 17.9 Å². The summed E-state index contributed by atoms with van der Waals surface area (Å²) < 4.78 is 44.1. The van der Waals surface area contributed by atoms with Crippen LogP contribution in [-0.4, -0.2) is 26.0 Å². The number of aromatic nitrogens is 4. The average Bonchev–Trinajstić information content (AvgIpc) is 2.97. The lowest BCUT2D eigenvalue weighted by Gasteiger charge is -2.10. The second-order valence-electron chi connectivity index (χ2n) is 6.15. The van der Waals surface area contributed by atoms with Crippen molar-refractivity contribution in [1.29, 1.82) is 0 Å². The van der Waals surface area contributed by atoms with E-state index in [-0.39, 0.29) is 17.5 Å². The van der Waals surface area contributed by atoms with Crippen LogP contribution in [0.2, 0.25) is 0 Å². The molecule has 1 aromatic carbocycles. The zero-order valence-electron chi connectivity index (χ0n) is 15.1. The van der Waals surface area contributed by atoms with Gasteiger partial charge in [0.1, 0.15) is 23.0 Å². The van der Waals surface area contributed by atoms with Gasteiger partial charge in [0.25, 0.3) is 0 Å². The van der Waals surface area contributed by atoms with Gasteiger partial charge in [0, 0.05) is 18.0 Å². The van der Waals surface area contributed by atoms with Gasteiger partial charge in [-0.2, -0.15) is 13.8 Å². The second kappa shape index (κ2) is 7.30. The number of pyridine rings is 1. The van der Waals surface area contributed by atoms with Crippen LogP contribution in [0.15, 0.2) is 48.7 Å². The normalized spacial score (nSPS) is 11.2. The van der Waals surface area contributed by atoms with Gasteiger partial charge in [-0.05, 0) is 43.3 Å². The van der Waals surface area contributed by atoms with Gasteiger partial charge in [0.05, 0.1) is 17.1 Å². The van der Waals surface area contributed by atoms with Gasteiger partial charge in [0.2, 0.25) is 5.95 Å². The number of aryl methyl sites for hydroxylation is 1. The molecule has 0 bridgehead atoms. The van der Waals surface area contributed by atoms with Crippen molar-refractivity contribution in [2.24, 2.45) is 0 Å². The molecule has 0 saturated carbocycles. The number of nitrogens with two attached hydrogens (primary N) is 1. The van der Waals surface area contributed by atoms with E-state index in [9.17, 15) is 13.2 Å². The Kier molecular flexibility index (Phi) is 4.67. The molecule has 0 radical (unpaired) electrons. The predicted octanol–water partition coefficient (Wildman–Crippen LogP) is 4.17. The molecule has 3 N–H and O–H groups in total. The molecule has 148 valence electrons. The van der Waals surface area contributed by atoms with Gasteiger partial charge in [-0.1, -0.05) is 0 Å². The Morgan fingerprint density at radius 2 is 1.83 bits per heavy atom. The first kappa shape index (κ1) is 18.5. The number of imidazole rings is 1. The molecule has 0 aliphatic rings. The van der Waals surface area contributed by atoms with Crippen LogP contribution < -0.4 is 15.8 Å². The quantitative estimate of drug-likeness (QED) is 0.523. The van der Waals surface area contributed by atoms with E-state index in [4.69, 9.17) is 5.73 Å². The number of nitrogens with one attached hydrogen (secondary N) is 1. The fraction of sp³-hybridized carbons (Fsp3) is 0.105. The highest BCUT2D eigenvalue weighted by atomic mass is 19.3. The summed E-state index contributed by atoms with van der Waals surface area (Å²) in [6.07, 6.45) is 1.32. The SMILES string of the molecule is Cc1nc2ccc(F)cn2c1-c1cc(N)nc(Nc2ccc(OC(F)F)cc2)n1. The van der Waals surface area contributed by atoms with Crippen LogP contribution in [0.3, 0.4) is 0 Å². The van der Waals surface area contributed by atoms with E-state index >= 15 is 0 Å². The molecule has 29 heavy (non-hydrogen) atoms. The molecular weight excluding hydrogens is 385 g/mol. The molecule has 10 heteroatoms. The number of hydrogen-bond donors (Lipinski definition) is 2. The Morgan fingerprint density at radius 3 is 2.55 bits per heavy atom. The number of fused-ring (bicyclic) bond motifs is 1. The van der Waals surface area contributed by atoms with Crippen LogP contribution in [0.25, 0.3) is 17.0 Å². The van der Waals surface area contributed by atoms with E-state index in [1.54, 1.807) is 35.6 Å². The number of nitrogens with zero attached hydrogens (tertiary/aromatic N) is 4. The molecule has 0 unspecified atom stereocenters. The summed E-state index contributed by atoms with van der Waals surface area (Å²) in [5.41, 5.74) is 8.72. The first-order chi connectivity index (χ1) is 13.9. The standard InChI is InChI=1S/C19H15F3N6O/c1-10-17(28-9-11(20)2-7-16(28)24-10)14-8-15(23)27-19(26-14)25-12-3-5-13(6-4-12)29-18(21)22/h2-9,18H,1H3,(H3,23,25,26,27). The van der Waals surface area contributed by atoms with E-state index in [1.165, 1.54) is 24.4 Å². The lowest BCUT2D eigenvalue weighted by molar-refractivity contribution is -0.0498. The molecule has 0 amide bonds. The van der Waals surface area contributed by atoms with E-state index in [0.717, 1.165) is 0 Å². The first-order valence-corrected chi connectivity index (χ1v) is 8.50. The summed E-state index contributed by atoms with van der Waals surface area (Å²) in [4.78, 5) is 13.0. The fourth-order valence-electron chi connectivity index (χ4n) is 2.94. The fourth-order valence-corrected chi connectivity index (χ4v) is 2.94. The average molecular weight is 400 g/mol. The van der Waals surface area contributed by atoms with Crippen molar-refractivity contribution in [3.05, 3.63) is 60.2 Å². The third kappa shape index (κ3) is 3.91. The molecule has 4 aromatic rings. The number of hydrogen-bond acceptors (Lipinski definition) is 6. The number of nitrogen functional groups attached to an aromatic ring is 1. The lowest BCUT2D eigenvalue weighted by Crippen LogP contribution is -2.04. The molecule has 0 aliphatic heterocycles. The van der Waals surface area contributed by atoms with Gasteiger partial charge in [-0.3, -0.25) is 4.40 Å². The number of benzene rings is 1. The molecule has 4 rings (SSSR count). The zero-order chi connectivity index (χ0) is 20.5. The molecule has 0 atom stereocenters. The number of anilines is 3. The summed E-state index contributed by atoms with van der Waals surface area (Å²) in [5, 5.41) is 2.96. The number of alkyl halides is 2. The summed E-state index contributed by atoms with van der Waals surface area (Å²) in [7, 11) is 0. The van der Waals surface area contributed by atoms with Crippen LogP contribution in [0, 0.1) is 12.7 Å². The van der Waals surface area contributed by atoms with Crippen LogP contribution in [0.4, 0.5) is 30.6 Å². The Bertz CT molecular complexity index is 1180. The smallest absolute Gasteiger partial charge is 0.387 e. The van der Waals surface area contributed by atoms with Gasteiger partial charge >= 0.3 is 6.61 Å². The maximum absolute atomic E-state index is 13.7. The van der Waals surface area contributed by atoms with E-state index in [0.29, 0.717) is 28.4 Å². The zero-order valence-corrected chi connectivity index (χ0v) is 15.1. The number of rotatable bonds is 5. The van der Waals surface area contributed by atoms with Crippen molar-refractivity contribution in [3.8, 4) is 17.1 Å². The highest BCUT2D eigenvalue weighted by molar-refractivity contribution is 5.68. The first-order valence-electron chi connectivity index (χ1n) is 8.50. The molecule has 0 saturated heterocycles. The largest absolute Gasteiger partial charge is 0.435 e. The van der Waals surface area contributed by atoms with Crippen molar-refractivity contribution in [2.75, 3.05) is 11.1 Å². The van der Waals surface area contributed by atoms with E-state index in [1.807, 2.05) is 0 Å². The molecule has 3 aromatic heterocycles. The summed E-state index contributed by atoms with van der Waals surface area (Å²) >= 11 is 0. The number of ether oxygens (including phenoxy) is 1. The van der Waals surface area contributed by atoms with Crippen LogP contribution in [0.1, 0.15) is 5.69 Å². The molecule has 3 heterocycles. The maximum Gasteiger partial charge on any atom is 0.387 e. The Morgan fingerprint density at radius 1 is 1.07 bits per heavy atom. The van der Waals surface area contributed by atoms with Gasteiger partial charge in [0.15, 0.2) is 0 Å². The third-order valence-corrected chi connectivity index (χ3v) is 4.08. The van der Waals surface area contributed by atoms with Crippen LogP contribution in [-0.2, 0) is 0 Å². The lowest BCUT2D eigenvalue weighted by atomic mass is 10.2. The van der Waals surface area contributed by atoms with E-state index < -0.39 is 12.4 Å². The third-order valence-electron chi connectivity index (χ3n) is 4.08. The van der Waals surface area contributed by atoms with Crippen LogP contribution >= 0.6 is 0 Å². The van der Waals surface area contributed by atoms with Crippen molar-refractivity contribution >= 4 is 23.1 Å². The Labute approximate surface area is 163 Å². The van der Waals surface area contributed by atoms with Gasteiger partial charge < -0.3 is 15.8 Å². The summed E-state index contributed by atoms with van der Waals surface area (Å²) in [6, 6.07) is 10.3. The van der Waals surface area contributed by atoms with E-state index in [2.05, 4.69) is 25.0 Å². The van der Waals surface area contributed by atoms with Gasteiger partial charge in [-0.15, -0.1) is 0 Å². The van der Waals surface area contributed by atoms with Crippen molar-refractivity contribution in [1.82, 2.24) is 19.4 Å². The predicted molar refractivity (Wildman–Crippen MR) is 102 cm³/mol. The van der Waals surface area contributed by atoms with Gasteiger partial charge in [-0.25, -0.2) is 14.4 Å².